The van der Waals surface area contributed by atoms with Crippen LogP contribution in [0.25, 0.3) is 0 Å². The molecule has 0 fully saturated rings. The fourth-order valence-electron chi connectivity index (χ4n) is 2.64. The standard InChI is InChI=1S/C20H18ClFN2O4S2/c1-3-28-15-7-5-14(6-8-15)24(2)30(26,27)18-10-11-29-19(18)20(25)23-17-12-13(21)4-9-16(17)22/h4-12H,3H2,1-2H3,(H,23,25). The molecule has 0 saturated heterocycles. The lowest BCUT2D eigenvalue weighted by Gasteiger charge is -2.20. The summed E-state index contributed by atoms with van der Waals surface area (Å²) in [5.41, 5.74) is 0.265. The topological polar surface area (TPSA) is 75.7 Å². The van der Waals surface area contributed by atoms with Crippen LogP contribution in [-0.4, -0.2) is 28.0 Å². The van der Waals surface area contributed by atoms with Gasteiger partial charge in [0, 0.05) is 12.1 Å². The maximum absolute atomic E-state index is 13.9. The first-order valence-electron chi connectivity index (χ1n) is 8.79. The SMILES string of the molecule is CCOc1ccc(N(C)S(=O)(=O)c2ccsc2C(=O)Nc2cc(Cl)ccc2F)cc1. The average Bonchev–Trinajstić information content (AvgIpc) is 3.22. The highest BCUT2D eigenvalue weighted by Gasteiger charge is 2.28. The molecule has 0 aliphatic heterocycles. The monoisotopic (exact) mass is 468 g/mol. The summed E-state index contributed by atoms with van der Waals surface area (Å²) in [7, 11) is -2.65. The largest absolute Gasteiger partial charge is 0.494 e. The smallest absolute Gasteiger partial charge is 0.267 e. The van der Waals surface area contributed by atoms with Crippen molar-refractivity contribution in [3.8, 4) is 5.75 Å². The van der Waals surface area contributed by atoms with Crippen molar-refractivity contribution in [1.29, 1.82) is 0 Å². The Bertz CT molecular complexity index is 1160. The Balaban J connectivity index is 1.88. The molecule has 0 spiro atoms. The Morgan fingerprint density at radius 3 is 2.57 bits per heavy atom. The predicted octanol–water partition coefficient (Wildman–Crippen LogP) is 5.02. The third-order valence-corrected chi connectivity index (χ3v) is 7.27. The van der Waals surface area contributed by atoms with E-state index < -0.39 is 21.7 Å². The molecule has 1 amide bonds. The maximum Gasteiger partial charge on any atom is 0.267 e. The van der Waals surface area contributed by atoms with E-state index in [1.807, 2.05) is 6.92 Å². The molecule has 0 saturated carbocycles. The van der Waals surface area contributed by atoms with E-state index in [-0.39, 0.29) is 20.5 Å². The highest BCUT2D eigenvalue weighted by molar-refractivity contribution is 7.93. The number of anilines is 2. The van der Waals surface area contributed by atoms with Crippen LogP contribution in [0.5, 0.6) is 5.75 Å². The third-order valence-electron chi connectivity index (χ3n) is 4.16. The van der Waals surface area contributed by atoms with Crippen molar-refractivity contribution in [1.82, 2.24) is 0 Å². The molecular formula is C20H18ClFN2O4S2. The summed E-state index contributed by atoms with van der Waals surface area (Å²) in [6, 6.07) is 11.6. The molecule has 0 bridgehead atoms. The maximum atomic E-state index is 13.9. The van der Waals surface area contributed by atoms with Gasteiger partial charge in [-0.3, -0.25) is 9.10 Å². The second-order valence-corrected chi connectivity index (χ2v) is 9.38. The van der Waals surface area contributed by atoms with Crippen LogP contribution in [-0.2, 0) is 10.0 Å². The molecule has 0 aliphatic rings. The van der Waals surface area contributed by atoms with Gasteiger partial charge in [0.05, 0.1) is 18.0 Å². The molecule has 158 valence electrons. The van der Waals surface area contributed by atoms with Gasteiger partial charge in [-0.25, -0.2) is 12.8 Å². The first-order chi connectivity index (χ1) is 14.2. The van der Waals surface area contributed by atoms with Crippen molar-refractivity contribution in [3.05, 3.63) is 69.6 Å². The number of nitrogens with zero attached hydrogens (tertiary/aromatic N) is 1. The van der Waals surface area contributed by atoms with Crippen molar-refractivity contribution >= 4 is 50.2 Å². The molecule has 1 N–H and O–H groups in total. The minimum Gasteiger partial charge on any atom is -0.494 e. The lowest BCUT2D eigenvalue weighted by atomic mass is 10.3. The highest BCUT2D eigenvalue weighted by atomic mass is 35.5. The van der Waals surface area contributed by atoms with Gasteiger partial charge in [0.2, 0.25) is 0 Å². The summed E-state index contributed by atoms with van der Waals surface area (Å²) in [5.74, 6) is -0.809. The number of ether oxygens (including phenoxy) is 1. The number of carbonyl (C=O) groups is 1. The lowest BCUT2D eigenvalue weighted by molar-refractivity contribution is 0.102. The number of sulfonamides is 1. The van der Waals surface area contributed by atoms with Gasteiger partial charge >= 0.3 is 0 Å². The number of thiophene rings is 1. The van der Waals surface area contributed by atoms with Crippen LogP contribution in [0.4, 0.5) is 15.8 Å². The van der Waals surface area contributed by atoms with Gasteiger partial charge in [0.1, 0.15) is 21.3 Å². The quantitative estimate of drug-likeness (QED) is 0.528. The fraction of sp³-hybridized carbons (Fsp3) is 0.150. The number of benzene rings is 2. The zero-order chi connectivity index (χ0) is 21.9. The summed E-state index contributed by atoms with van der Waals surface area (Å²) in [5, 5.41) is 4.10. The van der Waals surface area contributed by atoms with Crippen molar-refractivity contribution in [3.63, 3.8) is 0 Å². The van der Waals surface area contributed by atoms with E-state index in [1.54, 1.807) is 24.3 Å². The molecule has 10 heteroatoms. The summed E-state index contributed by atoms with van der Waals surface area (Å²) in [6.45, 7) is 2.34. The Hall–Kier alpha value is -2.62. The highest BCUT2D eigenvalue weighted by Crippen LogP contribution is 2.30. The molecule has 2 aromatic carbocycles. The van der Waals surface area contributed by atoms with E-state index in [9.17, 15) is 17.6 Å². The zero-order valence-corrected chi connectivity index (χ0v) is 18.4. The summed E-state index contributed by atoms with van der Waals surface area (Å²) >= 11 is 6.78. The summed E-state index contributed by atoms with van der Waals surface area (Å²) in [6.07, 6.45) is 0. The molecule has 0 atom stereocenters. The Labute approximate surface area is 182 Å². The van der Waals surface area contributed by atoms with Gasteiger partial charge in [-0.1, -0.05) is 11.6 Å². The predicted molar refractivity (Wildman–Crippen MR) is 117 cm³/mol. The van der Waals surface area contributed by atoms with E-state index >= 15 is 0 Å². The number of carbonyl (C=O) groups excluding carboxylic acids is 1. The fourth-order valence-corrected chi connectivity index (χ4v) is 5.31. The molecule has 6 nitrogen and oxygen atoms in total. The number of halogens is 2. The van der Waals surface area contributed by atoms with Gasteiger partial charge in [0.25, 0.3) is 15.9 Å². The van der Waals surface area contributed by atoms with Crippen molar-refractivity contribution < 1.29 is 22.3 Å². The number of amides is 1. The van der Waals surface area contributed by atoms with Crippen LogP contribution < -0.4 is 14.4 Å². The van der Waals surface area contributed by atoms with Gasteiger partial charge in [-0.2, -0.15) is 0 Å². The van der Waals surface area contributed by atoms with Gasteiger partial charge < -0.3 is 10.1 Å². The minimum absolute atomic E-state index is 0.0628. The van der Waals surface area contributed by atoms with Crippen molar-refractivity contribution in [2.75, 3.05) is 23.3 Å². The van der Waals surface area contributed by atoms with Gasteiger partial charge in [-0.15, -0.1) is 11.3 Å². The molecule has 0 unspecified atom stereocenters. The van der Waals surface area contributed by atoms with Crippen LogP contribution in [0.1, 0.15) is 16.6 Å². The number of nitrogens with one attached hydrogen (secondary N) is 1. The van der Waals surface area contributed by atoms with Crippen LogP contribution in [0.3, 0.4) is 0 Å². The third kappa shape index (κ3) is 4.58. The summed E-state index contributed by atoms with van der Waals surface area (Å²) in [4.78, 5) is 12.4. The Morgan fingerprint density at radius 1 is 1.20 bits per heavy atom. The first kappa shape index (κ1) is 22.1. The number of hydrogen-bond acceptors (Lipinski definition) is 5. The van der Waals surface area contributed by atoms with E-state index in [4.69, 9.17) is 16.3 Å². The normalized spacial score (nSPS) is 11.2. The van der Waals surface area contributed by atoms with Crippen LogP contribution in [0.2, 0.25) is 5.02 Å². The molecule has 0 radical (unpaired) electrons. The summed E-state index contributed by atoms with van der Waals surface area (Å²) < 4.78 is 46.6. The molecule has 3 aromatic rings. The number of hydrogen-bond donors (Lipinski definition) is 1. The van der Waals surface area contributed by atoms with Crippen molar-refractivity contribution in [2.24, 2.45) is 0 Å². The average molecular weight is 469 g/mol. The van der Waals surface area contributed by atoms with Crippen LogP contribution in [0, 0.1) is 5.82 Å². The van der Waals surface area contributed by atoms with Crippen molar-refractivity contribution in [2.45, 2.75) is 11.8 Å². The van der Waals surface area contributed by atoms with E-state index in [2.05, 4.69) is 5.32 Å². The molecule has 1 heterocycles. The van der Waals surface area contributed by atoms with E-state index in [0.717, 1.165) is 21.7 Å². The van der Waals surface area contributed by atoms with Gasteiger partial charge in [0.15, 0.2) is 0 Å². The minimum atomic E-state index is -4.04. The second-order valence-electron chi connectivity index (χ2n) is 6.09. The van der Waals surface area contributed by atoms with Crippen LogP contribution >= 0.6 is 22.9 Å². The first-order valence-corrected chi connectivity index (χ1v) is 11.5. The second kappa shape index (κ2) is 9.03. The molecule has 30 heavy (non-hydrogen) atoms. The van der Waals surface area contributed by atoms with E-state index in [0.29, 0.717) is 18.0 Å². The molecule has 0 aliphatic carbocycles. The Morgan fingerprint density at radius 2 is 1.90 bits per heavy atom. The zero-order valence-electron chi connectivity index (χ0n) is 16.1. The van der Waals surface area contributed by atoms with E-state index in [1.165, 1.54) is 30.6 Å². The van der Waals surface area contributed by atoms with Gasteiger partial charge in [-0.05, 0) is 60.8 Å². The van der Waals surface area contributed by atoms with Crippen LogP contribution in [0.15, 0.2) is 58.8 Å². The molecule has 3 rings (SSSR count). The molecule has 1 aromatic heterocycles. The number of rotatable bonds is 7. The Kier molecular flexibility index (Phi) is 6.64. The lowest BCUT2D eigenvalue weighted by Crippen LogP contribution is -2.28. The molecular weight excluding hydrogens is 451 g/mol.